The summed E-state index contributed by atoms with van der Waals surface area (Å²) in [6.45, 7) is 2.64. The van der Waals surface area contributed by atoms with Crippen molar-refractivity contribution in [1.82, 2.24) is 9.88 Å². The number of rotatable bonds is 3. The van der Waals surface area contributed by atoms with Crippen molar-refractivity contribution in [2.24, 2.45) is 0 Å². The van der Waals surface area contributed by atoms with Crippen LogP contribution in [0.25, 0.3) is 11.3 Å². The van der Waals surface area contributed by atoms with Crippen molar-refractivity contribution in [3.05, 3.63) is 71.1 Å². The number of aromatic nitrogens is 1. The van der Waals surface area contributed by atoms with E-state index in [0.717, 1.165) is 29.4 Å². The highest BCUT2D eigenvalue weighted by Gasteiger charge is 2.22. The average Bonchev–Trinajstić information content (AvgIpc) is 3.06. The number of carbonyl (C=O) groups excluding carboxylic acids is 1. The zero-order valence-electron chi connectivity index (χ0n) is 15.1. The van der Waals surface area contributed by atoms with Crippen LogP contribution < -0.4 is 4.90 Å². The summed E-state index contributed by atoms with van der Waals surface area (Å²) >= 11 is 1.54. The molecule has 0 atom stereocenters. The number of hydrogen-bond donors (Lipinski definition) is 0. The van der Waals surface area contributed by atoms with Gasteiger partial charge in [0, 0.05) is 42.7 Å². The van der Waals surface area contributed by atoms with Crippen LogP contribution in [0, 0.1) is 11.6 Å². The van der Waals surface area contributed by atoms with E-state index in [9.17, 15) is 13.6 Å². The molecule has 7 heteroatoms. The van der Waals surface area contributed by atoms with Gasteiger partial charge < -0.3 is 9.80 Å². The Morgan fingerprint density at radius 3 is 2.57 bits per heavy atom. The number of nitrogens with zero attached hydrogens (tertiary/aromatic N) is 3. The Kier molecular flexibility index (Phi) is 5.34. The van der Waals surface area contributed by atoms with Crippen molar-refractivity contribution >= 4 is 22.4 Å². The fourth-order valence-corrected chi connectivity index (χ4v) is 4.17. The molecule has 1 aromatic heterocycles. The van der Waals surface area contributed by atoms with Gasteiger partial charge in [0.1, 0.15) is 11.6 Å². The van der Waals surface area contributed by atoms with Crippen LogP contribution in [-0.4, -0.2) is 42.0 Å². The van der Waals surface area contributed by atoms with Crippen LogP contribution in [0.2, 0.25) is 0 Å². The van der Waals surface area contributed by atoms with E-state index in [1.54, 1.807) is 40.5 Å². The van der Waals surface area contributed by atoms with Crippen LogP contribution in [0.15, 0.2) is 53.9 Å². The van der Waals surface area contributed by atoms with Crippen molar-refractivity contribution in [3.8, 4) is 11.3 Å². The molecule has 1 aliphatic rings. The molecule has 0 unspecified atom stereocenters. The number of hydrogen-bond acceptors (Lipinski definition) is 4. The van der Waals surface area contributed by atoms with Crippen molar-refractivity contribution in [2.45, 2.75) is 6.42 Å². The summed E-state index contributed by atoms with van der Waals surface area (Å²) in [6, 6.07) is 12.1. The highest BCUT2D eigenvalue weighted by atomic mass is 32.1. The second-order valence-electron chi connectivity index (χ2n) is 6.67. The number of anilines is 1. The maximum absolute atomic E-state index is 13.4. The molecule has 0 aliphatic carbocycles. The highest BCUT2D eigenvalue weighted by molar-refractivity contribution is 7.14. The number of benzene rings is 2. The quantitative estimate of drug-likeness (QED) is 0.653. The van der Waals surface area contributed by atoms with E-state index in [1.165, 1.54) is 24.3 Å². The summed E-state index contributed by atoms with van der Waals surface area (Å²) < 4.78 is 26.5. The largest absolute Gasteiger partial charge is 0.346 e. The third-order valence-corrected chi connectivity index (χ3v) is 5.66. The van der Waals surface area contributed by atoms with Gasteiger partial charge in [-0.3, -0.25) is 4.79 Å². The molecule has 28 heavy (non-hydrogen) atoms. The van der Waals surface area contributed by atoms with Gasteiger partial charge in [0.2, 0.25) is 0 Å². The SMILES string of the molecule is O=C(c1cccc(F)c1)N1CCCN(c2nc(-c3ccc(F)cc3)cs2)CC1. The monoisotopic (exact) mass is 399 g/mol. The number of halogens is 2. The normalized spacial score (nSPS) is 14.8. The predicted molar refractivity (Wildman–Crippen MR) is 107 cm³/mol. The molecule has 1 amide bonds. The lowest BCUT2D eigenvalue weighted by Crippen LogP contribution is -2.35. The van der Waals surface area contributed by atoms with E-state index >= 15 is 0 Å². The Hall–Kier alpha value is -2.80. The summed E-state index contributed by atoms with van der Waals surface area (Å²) in [5.74, 6) is -0.819. The van der Waals surface area contributed by atoms with E-state index in [-0.39, 0.29) is 11.7 Å². The smallest absolute Gasteiger partial charge is 0.254 e. The van der Waals surface area contributed by atoms with Crippen LogP contribution in [0.3, 0.4) is 0 Å². The Morgan fingerprint density at radius 1 is 0.964 bits per heavy atom. The minimum Gasteiger partial charge on any atom is -0.346 e. The fourth-order valence-electron chi connectivity index (χ4n) is 3.28. The number of amides is 1. The number of thiazole rings is 1. The summed E-state index contributed by atoms with van der Waals surface area (Å²) in [6.07, 6.45) is 0.812. The molecule has 144 valence electrons. The molecule has 1 fully saturated rings. The summed E-state index contributed by atoms with van der Waals surface area (Å²) in [4.78, 5) is 21.3. The van der Waals surface area contributed by atoms with Crippen LogP contribution >= 0.6 is 11.3 Å². The topological polar surface area (TPSA) is 36.4 Å². The van der Waals surface area contributed by atoms with Gasteiger partial charge >= 0.3 is 0 Å². The Balaban J connectivity index is 1.44. The maximum Gasteiger partial charge on any atom is 0.254 e. The van der Waals surface area contributed by atoms with Gasteiger partial charge in [-0.1, -0.05) is 6.07 Å². The predicted octanol–water partition coefficient (Wildman–Crippen LogP) is 4.44. The third-order valence-electron chi connectivity index (χ3n) is 4.76. The maximum atomic E-state index is 13.4. The molecule has 0 spiro atoms. The first kappa shape index (κ1) is 18.6. The lowest BCUT2D eigenvalue weighted by molar-refractivity contribution is 0.0766. The molecular weight excluding hydrogens is 380 g/mol. The van der Waals surface area contributed by atoms with Gasteiger partial charge in [-0.25, -0.2) is 13.8 Å². The molecule has 1 aliphatic heterocycles. The second-order valence-corrected chi connectivity index (χ2v) is 7.50. The Bertz CT molecular complexity index is 974. The van der Waals surface area contributed by atoms with E-state index in [1.807, 2.05) is 5.38 Å². The standard InChI is InChI=1S/C21H19F2N3OS/c22-17-7-5-15(6-8-17)19-14-28-21(24-19)26-10-2-9-25(11-12-26)20(27)16-3-1-4-18(23)13-16/h1,3-8,13-14H,2,9-12H2. The number of carbonyl (C=O) groups is 1. The molecule has 3 aromatic rings. The van der Waals surface area contributed by atoms with Crippen molar-refractivity contribution in [3.63, 3.8) is 0 Å². The minimum absolute atomic E-state index is 0.146. The van der Waals surface area contributed by atoms with Crippen molar-refractivity contribution < 1.29 is 13.6 Å². The molecule has 0 saturated carbocycles. The van der Waals surface area contributed by atoms with Crippen molar-refractivity contribution in [2.75, 3.05) is 31.1 Å². The second kappa shape index (κ2) is 8.06. The van der Waals surface area contributed by atoms with E-state index in [4.69, 9.17) is 0 Å². The van der Waals surface area contributed by atoms with Crippen LogP contribution in [0.5, 0.6) is 0 Å². The molecule has 2 heterocycles. The molecule has 4 rings (SSSR count). The molecule has 1 saturated heterocycles. The summed E-state index contributed by atoms with van der Waals surface area (Å²) in [7, 11) is 0. The summed E-state index contributed by atoms with van der Waals surface area (Å²) in [5, 5.41) is 2.85. The van der Waals surface area contributed by atoms with Crippen LogP contribution in [0.4, 0.5) is 13.9 Å². The Labute approximate surface area is 166 Å². The molecule has 0 bridgehead atoms. The molecular formula is C21H19F2N3OS. The zero-order chi connectivity index (χ0) is 19.5. The van der Waals surface area contributed by atoms with Gasteiger partial charge in [-0.15, -0.1) is 11.3 Å². The zero-order valence-corrected chi connectivity index (χ0v) is 16.0. The average molecular weight is 399 g/mol. The van der Waals surface area contributed by atoms with Crippen LogP contribution in [0.1, 0.15) is 16.8 Å². The molecule has 2 aromatic carbocycles. The minimum atomic E-state index is -0.404. The van der Waals surface area contributed by atoms with E-state index in [0.29, 0.717) is 25.2 Å². The van der Waals surface area contributed by atoms with Crippen molar-refractivity contribution in [1.29, 1.82) is 0 Å². The first-order chi connectivity index (χ1) is 13.6. The fraction of sp³-hybridized carbons (Fsp3) is 0.238. The molecule has 0 radical (unpaired) electrons. The first-order valence-electron chi connectivity index (χ1n) is 9.11. The van der Waals surface area contributed by atoms with E-state index in [2.05, 4.69) is 9.88 Å². The first-order valence-corrected chi connectivity index (χ1v) is 9.99. The summed E-state index contributed by atoms with van der Waals surface area (Å²) in [5.41, 5.74) is 2.07. The lowest BCUT2D eigenvalue weighted by Gasteiger charge is -2.21. The van der Waals surface area contributed by atoms with Gasteiger partial charge in [0.05, 0.1) is 5.69 Å². The van der Waals surface area contributed by atoms with E-state index < -0.39 is 5.82 Å². The van der Waals surface area contributed by atoms with Gasteiger partial charge in [0.25, 0.3) is 5.91 Å². The van der Waals surface area contributed by atoms with Crippen LogP contribution in [-0.2, 0) is 0 Å². The molecule has 4 nitrogen and oxygen atoms in total. The highest BCUT2D eigenvalue weighted by Crippen LogP contribution is 2.28. The van der Waals surface area contributed by atoms with Gasteiger partial charge in [-0.05, 0) is 48.9 Å². The van der Waals surface area contributed by atoms with Gasteiger partial charge in [-0.2, -0.15) is 0 Å². The van der Waals surface area contributed by atoms with Gasteiger partial charge in [0.15, 0.2) is 5.13 Å². The Morgan fingerprint density at radius 2 is 1.79 bits per heavy atom. The third kappa shape index (κ3) is 4.04. The lowest BCUT2D eigenvalue weighted by atomic mass is 10.2. The molecule has 0 N–H and O–H groups in total.